The van der Waals surface area contributed by atoms with Crippen LogP contribution in [0, 0.1) is 5.92 Å². The molecule has 1 aliphatic carbocycles. The molecule has 2 amide bonds. The fraction of sp³-hybridized carbons (Fsp3) is 0.294. The van der Waals surface area contributed by atoms with Crippen LogP contribution in [0.4, 0.5) is 5.00 Å². The summed E-state index contributed by atoms with van der Waals surface area (Å²) in [6, 6.07) is 5.96. The summed E-state index contributed by atoms with van der Waals surface area (Å²) in [7, 11) is 0. The number of carbonyl (C=O) groups excluding carboxylic acids is 2. The van der Waals surface area contributed by atoms with E-state index in [0.717, 1.165) is 29.7 Å². The normalized spacial score (nSPS) is 16.7. The first-order chi connectivity index (χ1) is 11.0. The molecular weight excluding hydrogens is 312 g/mol. The van der Waals surface area contributed by atoms with Crippen LogP contribution in [0.25, 0.3) is 0 Å². The van der Waals surface area contributed by atoms with Crippen LogP contribution in [-0.2, 0) is 12.8 Å². The highest BCUT2D eigenvalue weighted by atomic mass is 32.1. The lowest BCUT2D eigenvalue weighted by molar-refractivity contribution is 0.1000. The molecule has 3 rings (SSSR count). The number of carbonyl (C=O) groups is 2. The second-order valence-electron chi connectivity index (χ2n) is 5.92. The molecule has 0 bridgehead atoms. The van der Waals surface area contributed by atoms with Gasteiger partial charge in [0.15, 0.2) is 0 Å². The van der Waals surface area contributed by atoms with Crippen molar-refractivity contribution >= 4 is 28.2 Å². The lowest BCUT2D eigenvalue weighted by Crippen LogP contribution is -2.19. The Labute approximate surface area is 138 Å². The van der Waals surface area contributed by atoms with Crippen molar-refractivity contribution in [3.63, 3.8) is 0 Å². The van der Waals surface area contributed by atoms with Crippen molar-refractivity contribution in [2.24, 2.45) is 11.7 Å². The molecule has 0 spiro atoms. The van der Waals surface area contributed by atoms with Crippen molar-refractivity contribution in [1.29, 1.82) is 0 Å². The zero-order valence-electron chi connectivity index (χ0n) is 12.8. The maximum Gasteiger partial charge on any atom is 0.256 e. The maximum absolute atomic E-state index is 12.3. The first-order valence-electron chi connectivity index (χ1n) is 7.50. The number of rotatable bonds is 3. The van der Waals surface area contributed by atoms with E-state index in [1.807, 2.05) is 0 Å². The number of nitrogens with one attached hydrogen (secondary N) is 1. The molecule has 1 aromatic heterocycles. The summed E-state index contributed by atoms with van der Waals surface area (Å²) in [5.41, 5.74) is 7.39. The fourth-order valence-corrected chi connectivity index (χ4v) is 4.30. The predicted molar refractivity (Wildman–Crippen MR) is 90.1 cm³/mol. The summed E-state index contributed by atoms with van der Waals surface area (Å²) in [4.78, 5) is 25.3. The van der Waals surface area contributed by atoms with E-state index in [4.69, 9.17) is 5.73 Å². The van der Waals surface area contributed by atoms with Crippen molar-refractivity contribution in [1.82, 2.24) is 0 Å². The van der Waals surface area contributed by atoms with E-state index in [2.05, 4.69) is 12.2 Å². The molecule has 5 nitrogen and oxygen atoms in total. The molecule has 23 heavy (non-hydrogen) atoms. The molecular formula is C17H18N2O3S. The minimum absolute atomic E-state index is 0.0972. The first-order valence-corrected chi connectivity index (χ1v) is 8.32. The summed E-state index contributed by atoms with van der Waals surface area (Å²) in [6.45, 7) is 2.18. The molecule has 0 aliphatic heterocycles. The zero-order valence-corrected chi connectivity index (χ0v) is 13.6. The molecule has 1 aliphatic rings. The molecule has 0 saturated carbocycles. The third-order valence-electron chi connectivity index (χ3n) is 4.11. The Bertz CT molecular complexity index is 765. The molecule has 4 N–H and O–H groups in total. The molecule has 1 atom stereocenters. The molecule has 120 valence electrons. The molecule has 1 aromatic carbocycles. The van der Waals surface area contributed by atoms with Gasteiger partial charge in [-0.05, 0) is 55.0 Å². The van der Waals surface area contributed by atoms with Gasteiger partial charge in [-0.1, -0.05) is 6.92 Å². The number of aromatic hydroxyl groups is 1. The lowest BCUT2D eigenvalue weighted by Gasteiger charge is -2.18. The number of benzene rings is 1. The Balaban J connectivity index is 1.92. The summed E-state index contributed by atoms with van der Waals surface area (Å²) < 4.78 is 0. The molecule has 2 aromatic rings. The number of phenolic OH excluding ortho intramolecular Hbond substituents is 1. The number of amides is 2. The number of anilines is 1. The minimum Gasteiger partial charge on any atom is -0.508 e. The van der Waals surface area contributed by atoms with E-state index in [-0.39, 0.29) is 11.7 Å². The van der Waals surface area contributed by atoms with Gasteiger partial charge in [0.2, 0.25) is 0 Å². The van der Waals surface area contributed by atoms with Crippen LogP contribution in [0.1, 0.15) is 44.5 Å². The standard InChI is InChI=1S/C17H18N2O3S/c1-9-2-7-12-13(8-9)23-17(14(12)15(18)21)19-16(22)10-3-5-11(20)6-4-10/h3-6,9,20H,2,7-8H2,1H3,(H2,18,21)(H,19,22)/t9-/m1/s1. The third kappa shape index (κ3) is 3.07. The number of nitrogens with two attached hydrogens (primary N) is 1. The Morgan fingerprint density at radius 1 is 1.30 bits per heavy atom. The van der Waals surface area contributed by atoms with E-state index in [9.17, 15) is 14.7 Å². The molecule has 0 unspecified atom stereocenters. The van der Waals surface area contributed by atoms with Gasteiger partial charge < -0.3 is 16.2 Å². The second kappa shape index (κ2) is 6.04. The van der Waals surface area contributed by atoms with Crippen molar-refractivity contribution < 1.29 is 14.7 Å². The van der Waals surface area contributed by atoms with Gasteiger partial charge >= 0.3 is 0 Å². The van der Waals surface area contributed by atoms with Crippen molar-refractivity contribution in [3.05, 3.63) is 45.8 Å². The quantitative estimate of drug-likeness (QED) is 0.808. The summed E-state index contributed by atoms with van der Waals surface area (Å²) in [5.74, 6) is -0.153. The second-order valence-corrected chi connectivity index (χ2v) is 7.03. The van der Waals surface area contributed by atoms with E-state index in [1.54, 1.807) is 0 Å². The van der Waals surface area contributed by atoms with Crippen LogP contribution in [0.2, 0.25) is 0 Å². The molecule has 0 saturated heterocycles. The molecule has 0 radical (unpaired) electrons. The van der Waals surface area contributed by atoms with Gasteiger partial charge in [-0.25, -0.2) is 0 Å². The number of fused-ring (bicyclic) bond motifs is 1. The van der Waals surface area contributed by atoms with Crippen LogP contribution in [0.15, 0.2) is 24.3 Å². The Morgan fingerprint density at radius 2 is 2.00 bits per heavy atom. The predicted octanol–water partition coefficient (Wildman–Crippen LogP) is 2.93. The number of hydrogen-bond acceptors (Lipinski definition) is 4. The first kappa shape index (κ1) is 15.6. The van der Waals surface area contributed by atoms with Gasteiger partial charge in [0, 0.05) is 10.4 Å². The third-order valence-corrected chi connectivity index (χ3v) is 5.28. The Kier molecular flexibility index (Phi) is 4.09. The SMILES string of the molecule is C[C@@H]1CCc2c(sc(NC(=O)c3ccc(O)cc3)c2C(N)=O)C1. The average molecular weight is 330 g/mol. The van der Waals surface area contributed by atoms with Crippen molar-refractivity contribution in [2.45, 2.75) is 26.2 Å². The van der Waals surface area contributed by atoms with Crippen LogP contribution < -0.4 is 11.1 Å². The Hall–Kier alpha value is -2.34. The maximum atomic E-state index is 12.3. The zero-order chi connectivity index (χ0) is 16.6. The van der Waals surface area contributed by atoms with Crippen molar-refractivity contribution in [2.75, 3.05) is 5.32 Å². The van der Waals surface area contributed by atoms with E-state index in [1.165, 1.54) is 35.6 Å². The number of thiophene rings is 1. The largest absolute Gasteiger partial charge is 0.508 e. The Morgan fingerprint density at radius 3 is 2.65 bits per heavy atom. The summed E-state index contributed by atoms with van der Waals surface area (Å²) in [5, 5.41) is 12.6. The summed E-state index contributed by atoms with van der Waals surface area (Å²) in [6.07, 6.45) is 2.76. The number of primary amides is 1. The van der Waals surface area contributed by atoms with Gasteiger partial charge in [-0.2, -0.15) is 0 Å². The van der Waals surface area contributed by atoms with E-state index >= 15 is 0 Å². The van der Waals surface area contributed by atoms with Crippen LogP contribution >= 0.6 is 11.3 Å². The van der Waals surface area contributed by atoms with Gasteiger partial charge in [0.1, 0.15) is 10.8 Å². The monoisotopic (exact) mass is 330 g/mol. The molecule has 6 heteroatoms. The van der Waals surface area contributed by atoms with Gasteiger partial charge in [0.05, 0.1) is 5.56 Å². The van der Waals surface area contributed by atoms with E-state index in [0.29, 0.717) is 22.0 Å². The van der Waals surface area contributed by atoms with Gasteiger partial charge in [-0.3, -0.25) is 9.59 Å². The van der Waals surface area contributed by atoms with Gasteiger partial charge in [0.25, 0.3) is 11.8 Å². The highest BCUT2D eigenvalue weighted by Crippen LogP contribution is 2.39. The highest BCUT2D eigenvalue weighted by Gasteiger charge is 2.27. The smallest absolute Gasteiger partial charge is 0.256 e. The fourth-order valence-electron chi connectivity index (χ4n) is 2.89. The van der Waals surface area contributed by atoms with E-state index < -0.39 is 5.91 Å². The highest BCUT2D eigenvalue weighted by molar-refractivity contribution is 7.17. The van der Waals surface area contributed by atoms with Crippen LogP contribution in [-0.4, -0.2) is 16.9 Å². The van der Waals surface area contributed by atoms with Crippen LogP contribution in [0.5, 0.6) is 5.75 Å². The number of hydrogen-bond donors (Lipinski definition) is 3. The average Bonchev–Trinajstić information content (AvgIpc) is 2.84. The van der Waals surface area contributed by atoms with Crippen LogP contribution in [0.3, 0.4) is 0 Å². The summed E-state index contributed by atoms with van der Waals surface area (Å²) >= 11 is 1.44. The molecule has 1 heterocycles. The van der Waals surface area contributed by atoms with Crippen molar-refractivity contribution in [3.8, 4) is 5.75 Å². The topological polar surface area (TPSA) is 92.4 Å². The van der Waals surface area contributed by atoms with Gasteiger partial charge in [-0.15, -0.1) is 11.3 Å². The molecule has 0 fully saturated rings. The number of phenols is 1. The minimum atomic E-state index is -0.502. The lowest BCUT2D eigenvalue weighted by atomic mass is 9.88.